The van der Waals surface area contributed by atoms with Crippen molar-refractivity contribution in [3.8, 4) is 5.75 Å². The molecule has 0 heterocycles. The van der Waals surface area contributed by atoms with E-state index in [0.29, 0.717) is 6.04 Å². The summed E-state index contributed by atoms with van der Waals surface area (Å²) in [5.74, 6) is 0.889. The molecule has 0 amide bonds. The molecule has 0 spiro atoms. The van der Waals surface area contributed by atoms with Crippen molar-refractivity contribution in [2.24, 2.45) is 0 Å². The predicted molar refractivity (Wildman–Crippen MR) is 91.1 cm³/mol. The Kier molecular flexibility index (Phi) is 4.49. The maximum atomic E-state index is 5.48. The summed E-state index contributed by atoms with van der Waals surface area (Å²) in [4.78, 5) is 0. The summed E-state index contributed by atoms with van der Waals surface area (Å²) in [6.07, 6.45) is 4.87. The van der Waals surface area contributed by atoms with Crippen molar-refractivity contribution >= 4 is 21.6 Å². The second-order valence-electron chi connectivity index (χ2n) is 5.49. The molecule has 0 fully saturated rings. The summed E-state index contributed by atoms with van der Waals surface area (Å²) in [7, 11) is 1.72. The molecule has 1 aliphatic rings. The highest BCUT2D eigenvalue weighted by Gasteiger charge is 2.19. The first-order chi connectivity index (χ1) is 10.3. The van der Waals surface area contributed by atoms with Gasteiger partial charge in [-0.25, -0.2) is 0 Å². The molecule has 3 rings (SSSR count). The van der Waals surface area contributed by atoms with Gasteiger partial charge in [0, 0.05) is 4.47 Å². The van der Waals surface area contributed by atoms with Gasteiger partial charge in [0.2, 0.25) is 0 Å². The second-order valence-corrected chi connectivity index (χ2v) is 6.40. The van der Waals surface area contributed by atoms with Crippen LogP contribution in [0, 0.1) is 0 Å². The van der Waals surface area contributed by atoms with E-state index in [9.17, 15) is 0 Å². The molecule has 21 heavy (non-hydrogen) atoms. The molecule has 0 aromatic heterocycles. The van der Waals surface area contributed by atoms with Gasteiger partial charge < -0.3 is 10.1 Å². The number of benzene rings is 2. The number of fused-ring (bicyclic) bond motifs is 1. The molecule has 0 aliphatic heterocycles. The van der Waals surface area contributed by atoms with Crippen LogP contribution in [0.1, 0.15) is 36.4 Å². The Balaban J connectivity index is 1.93. The van der Waals surface area contributed by atoms with Crippen LogP contribution in [0.3, 0.4) is 0 Å². The first-order valence-electron chi connectivity index (χ1n) is 7.46. The Morgan fingerprint density at radius 2 is 2.00 bits per heavy atom. The van der Waals surface area contributed by atoms with Crippen LogP contribution in [-0.4, -0.2) is 7.11 Å². The molecule has 1 aliphatic carbocycles. The SMILES string of the molecule is COc1ccc(Br)cc1NC1CCCCc2ccccc21. The molecule has 1 atom stereocenters. The van der Waals surface area contributed by atoms with Gasteiger partial charge in [-0.15, -0.1) is 0 Å². The summed E-state index contributed by atoms with van der Waals surface area (Å²) >= 11 is 3.54. The lowest BCUT2D eigenvalue weighted by Gasteiger charge is -2.22. The van der Waals surface area contributed by atoms with Crippen LogP contribution in [0.25, 0.3) is 0 Å². The van der Waals surface area contributed by atoms with E-state index in [0.717, 1.165) is 22.3 Å². The van der Waals surface area contributed by atoms with Crippen molar-refractivity contribution in [1.29, 1.82) is 0 Å². The van der Waals surface area contributed by atoms with Crippen LogP contribution in [0.5, 0.6) is 5.75 Å². The number of hydrogen-bond acceptors (Lipinski definition) is 2. The molecule has 2 aromatic carbocycles. The molecular weight excluding hydrogens is 326 g/mol. The third-order valence-electron chi connectivity index (χ3n) is 4.11. The molecule has 2 nitrogen and oxygen atoms in total. The summed E-state index contributed by atoms with van der Waals surface area (Å²) in [6.45, 7) is 0. The van der Waals surface area contributed by atoms with Crippen LogP contribution in [0.15, 0.2) is 46.9 Å². The fourth-order valence-electron chi connectivity index (χ4n) is 3.05. The predicted octanol–water partition coefficient (Wildman–Crippen LogP) is 5.34. The standard InChI is InChI=1S/C18H20BrNO/c1-21-18-11-10-14(19)12-17(18)20-16-9-5-3-7-13-6-2-4-8-15(13)16/h2,4,6,8,10-12,16,20H,3,5,7,9H2,1H3. The van der Waals surface area contributed by atoms with Gasteiger partial charge in [-0.2, -0.15) is 0 Å². The normalized spacial score (nSPS) is 17.7. The highest BCUT2D eigenvalue weighted by atomic mass is 79.9. The van der Waals surface area contributed by atoms with Gasteiger partial charge in [0.25, 0.3) is 0 Å². The summed E-state index contributed by atoms with van der Waals surface area (Å²) in [6, 6.07) is 15.2. The van der Waals surface area contributed by atoms with E-state index in [4.69, 9.17) is 4.74 Å². The van der Waals surface area contributed by atoms with Crippen LogP contribution in [-0.2, 0) is 6.42 Å². The molecule has 3 heteroatoms. The largest absolute Gasteiger partial charge is 0.495 e. The molecular formula is C18H20BrNO. The number of aryl methyl sites for hydroxylation is 1. The minimum atomic E-state index is 0.354. The fourth-order valence-corrected chi connectivity index (χ4v) is 3.41. The van der Waals surface area contributed by atoms with Gasteiger partial charge in [0.1, 0.15) is 5.75 Å². The van der Waals surface area contributed by atoms with Crippen LogP contribution in [0.4, 0.5) is 5.69 Å². The van der Waals surface area contributed by atoms with Gasteiger partial charge in [-0.3, -0.25) is 0 Å². The Bertz CT molecular complexity index is 626. The van der Waals surface area contributed by atoms with E-state index in [1.165, 1.54) is 30.4 Å². The van der Waals surface area contributed by atoms with Crippen molar-refractivity contribution in [3.63, 3.8) is 0 Å². The Morgan fingerprint density at radius 3 is 2.86 bits per heavy atom. The highest BCUT2D eigenvalue weighted by molar-refractivity contribution is 9.10. The summed E-state index contributed by atoms with van der Waals surface area (Å²) in [5.41, 5.74) is 3.95. The first kappa shape index (κ1) is 14.5. The Labute approximate surface area is 134 Å². The zero-order valence-corrected chi connectivity index (χ0v) is 13.8. The number of methoxy groups -OCH3 is 1. The lowest BCUT2D eigenvalue weighted by Crippen LogP contribution is -2.12. The van der Waals surface area contributed by atoms with E-state index >= 15 is 0 Å². The average molecular weight is 346 g/mol. The molecule has 110 valence electrons. The fraction of sp³-hybridized carbons (Fsp3) is 0.333. The molecule has 0 saturated heterocycles. The van der Waals surface area contributed by atoms with E-state index in [1.54, 1.807) is 7.11 Å². The molecule has 2 aromatic rings. The Morgan fingerprint density at radius 1 is 1.14 bits per heavy atom. The third-order valence-corrected chi connectivity index (χ3v) is 4.60. The zero-order chi connectivity index (χ0) is 14.7. The summed E-state index contributed by atoms with van der Waals surface area (Å²) < 4.78 is 6.54. The van der Waals surface area contributed by atoms with Gasteiger partial charge in [-0.05, 0) is 48.6 Å². The van der Waals surface area contributed by atoms with Gasteiger partial charge in [0.15, 0.2) is 0 Å². The number of halogens is 1. The number of ether oxygens (including phenoxy) is 1. The number of hydrogen-bond donors (Lipinski definition) is 1. The lowest BCUT2D eigenvalue weighted by molar-refractivity contribution is 0.415. The lowest BCUT2D eigenvalue weighted by atomic mass is 9.99. The van der Waals surface area contributed by atoms with Gasteiger partial charge in [-0.1, -0.05) is 46.6 Å². The molecule has 1 unspecified atom stereocenters. The maximum absolute atomic E-state index is 5.48. The van der Waals surface area contributed by atoms with E-state index < -0.39 is 0 Å². The minimum absolute atomic E-state index is 0.354. The molecule has 1 N–H and O–H groups in total. The zero-order valence-electron chi connectivity index (χ0n) is 12.2. The minimum Gasteiger partial charge on any atom is -0.495 e. The Hall–Kier alpha value is -1.48. The van der Waals surface area contributed by atoms with Crippen LogP contribution >= 0.6 is 15.9 Å². The van der Waals surface area contributed by atoms with Crippen molar-refractivity contribution in [3.05, 3.63) is 58.1 Å². The molecule has 0 saturated carbocycles. The van der Waals surface area contributed by atoms with Crippen LogP contribution < -0.4 is 10.1 Å². The number of rotatable bonds is 3. The third kappa shape index (κ3) is 3.24. The van der Waals surface area contributed by atoms with Crippen molar-refractivity contribution in [2.75, 3.05) is 12.4 Å². The van der Waals surface area contributed by atoms with Gasteiger partial charge >= 0.3 is 0 Å². The number of anilines is 1. The van der Waals surface area contributed by atoms with E-state index in [-0.39, 0.29) is 0 Å². The average Bonchev–Trinajstić information content (AvgIpc) is 2.70. The number of nitrogens with one attached hydrogen (secondary N) is 1. The molecule has 0 radical (unpaired) electrons. The van der Waals surface area contributed by atoms with Crippen LogP contribution in [0.2, 0.25) is 0 Å². The van der Waals surface area contributed by atoms with E-state index in [1.807, 2.05) is 12.1 Å². The monoisotopic (exact) mass is 345 g/mol. The van der Waals surface area contributed by atoms with Crippen molar-refractivity contribution < 1.29 is 4.74 Å². The maximum Gasteiger partial charge on any atom is 0.142 e. The summed E-state index contributed by atoms with van der Waals surface area (Å²) in [5, 5.41) is 3.68. The van der Waals surface area contributed by atoms with E-state index in [2.05, 4.69) is 51.6 Å². The smallest absolute Gasteiger partial charge is 0.142 e. The second kappa shape index (κ2) is 6.52. The molecule has 0 bridgehead atoms. The quantitative estimate of drug-likeness (QED) is 0.758. The van der Waals surface area contributed by atoms with Crippen molar-refractivity contribution in [2.45, 2.75) is 31.7 Å². The highest BCUT2D eigenvalue weighted by Crippen LogP contribution is 2.35. The first-order valence-corrected chi connectivity index (χ1v) is 8.25. The van der Waals surface area contributed by atoms with Gasteiger partial charge in [0.05, 0.1) is 18.8 Å². The topological polar surface area (TPSA) is 21.3 Å². The van der Waals surface area contributed by atoms with Crippen molar-refractivity contribution in [1.82, 2.24) is 0 Å².